The molecule has 4 heteroatoms. The minimum Gasteiger partial charge on any atom is -0.379 e. The lowest BCUT2D eigenvalue weighted by Gasteiger charge is -2.12. The number of nitrogens with zero attached hydrogens (tertiary/aromatic N) is 2. The van der Waals surface area contributed by atoms with E-state index in [0.29, 0.717) is 11.4 Å². The zero-order valence-corrected chi connectivity index (χ0v) is 21.1. The molecule has 0 fully saturated rings. The SMILES string of the molecule is C=CCc1cnc(-c2ccc(-c3ccc(/C=C/CCCC(C)OCCCCC)c(F)c3)cc2)nc1. The fourth-order valence-electron chi connectivity index (χ4n) is 3.88. The molecule has 0 aliphatic rings. The number of hydrogen-bond acceptors (Lipinski definition) is 3. The third-order valence-electron chi connectivity index (χ3n) is 5.99. The van der Waals surface area contributed by atoms with Crippen LogP contribution >= 0.6 is 0 Å². The predicted octanol–water partition coefficient (Wildman–Crippen LogP) is 8.46. The second kappa shape index (κ2) is 14.3. The van der Waals surface area contributed by atoms with Gasteiger partial charge in [-0.1, -0.05) is 74.4 Å². The fraction of sp³-hybridized carbons (Fsp3) is 0.355. The van der Waals surface area contributed by atoms with Crippen molar-refractivity contribution in [2.75, 3.05) is 6.61 Å². The molecule has 3 aromatic rings. The van der Waals surface area contributed by atoms with E-state index in [1.165, 1.54) is 12.8 Å². The highest BCUT2D eigenvalue weighted by atomic mass is 19.1. The third-order valence-corrected chi connectivity index (χ3v) is 5.99. The molecule has 3 nitrogen and oxygen atoms in total. The van der Waals surface area contributed by atoms with Crippen molar-refractivity contribution in [1.82, 2.24) is 9.97 Å². The fourth-order valence-corrected chi connectivity index (χ4v) is 3.88. The van der Waals surface area contributed by atoms with Gasteiger partial charge in [-0.25, -0.2) is 14.4 Å². The van der Waals surface area contributed by atoms with E-state index in [2.05, 4.69) is 36.5 Å². The molecular formula is C31H37FN2O. The maximum atomic E-state index is 14.7. The van der Waals surface area contributed by atoms with Gasteiger partial charge in [0.1, 0.15) is 5.82 Å². The second-order valence-electron chi connectivity index (χ2n) is 8.94. The Bertz CT molecular complexity index is 1070. The predicted molar refractivity (Wildman–Crippen MR) is 145 cm³/mol. The molecule has 35 heavy (non-hydrogen) atoms. The van der Waals surface area contributed by atoms with Gasteiger partial charge in [0.15, 0.2) is 5.82 Å². The van der Waals surface area contributed by atoms with Gasteiger partial charge in [0.05, 0.1) is 6.10 Å². The van der Waals surface area contributed by atoms with Crippen LogP contribution in [0.1, 0.15) is 63.5 Å². The van der Waals surface area contributed by atoms with Crippen LogP contribution in [0.2, 0.25) is 0 Å². The van der Waals surface area contributed by atoms with Crippen molar-refractivity contribution in [2.24, 2.45) is 0 Å². The number of benzene rings is 2. The summed E-state index contributed by atoms with van der Waals surface area (Å²) < 4.78 is 20.6. The van der Waals surface area contributed by atoms with Gasteiger partial charge >= 0.3 is 0 Å². The molecular weight excluding hydrogens is 435 g/mol. The average Bonchev–Trinajstić information content (AvgIpc) is 2.88. The topological polar surface area (TPSA) is 35.0 Å². The molecule has 0 bridgehead atoms. The van der Waals surface area contributed by atoms with Gasteiger partial charge in [0, 0.05) is 30.1 Å². The number of unbranched alkanes of at least 4 members (excludes halogenated alkanes) is 3. The van der Waals surface area contributed by atoms with Crippen LogP contribution in [-0.2, 0) is 11.2 Å². The Balaban J connectivity index is 1.51. The number of ether oxygens (including phenoxy) is 1. The van der Waals surface area contributed by atoms with Gasteiger partial charge in [-0.3, -0.25) is 0 Å². The molecule has 2 aromatic carbocycles. The Morgan fingerprint density at radius 3 is 2.37 bits per heavy atom. The van der Waals surface area contributed by atoms with E-state index >= 15 is 0 Å². The number of halogens is 1. The lowest BCUT2D eigenvalue weighted by molar-refractivity contribution is 0.0566. The molecule has 1 unspecified atom stereocenters. The Morgan fingerprint density at radius 1 is 0.971 bits per heavy atom. The highest BCUT2D eigenvalue weighted by molar-refractivity contribution is 5.69. The lowest BCUT2D eigenvalue weighted by Crippen LogP contribution is -2.08. The van der Waals surface area contributed by atoms with E-state index in [4.69, 9.17) is 4.74 Å². The molecule has 1 atom stereocenters. The zero-order valence-electron chi connectivity index (χ0n) is 21.1. The second-order valence-corrected chi connectivity index (χ2v) is 8.94. The van der Waals surface area contributed by atoms with Crippen LogP contribution in [-0.4, -0.2) is 22.7 Å². The van der Waals surface area contributed by atoms with Gasteiger partial charge in [-0.05, 0) is 61.8 Å². The maximum absolute atomic E-state index is 14.7. The van der Waals surface area contributed by atoms with Crippen molar-refractivity contribution in [3.63, 3.8) is 0 Å². The van der Waals surface area contributed by atoms with Crippen LogP contribution in [0, 0.1) is 5.82 Å². The van der Waals surface area contributed by atoms with E-state index in [9.17, 15) is 4.39 Å². The quantitative estimate of drug-likeness (QED) is 0.174. The Morgan fingerprint density at radius 2 is 1.69 bits per heavy atom. The van der Waals surface area contributed by atoms with Crippen molar-refractivity contribution in [2.45, 2.75) is 64.9 Å². The number of hydrogen-bond donors (Lipinski definition) is 0. The van der Waals surface area contributed by atoms with Crippen molar-refractivity contribution >= 4 is 6.08 Å². The van der Waals surface area contributed by atoms with Crippen LogP contribution in [0.25, 0.3) is 28.6 Å². The van der Waals surface area contributed by atoms with Crippen molar-refractivity contribution in [1.29, 1.82) is 0 Å². The Labute approximate surface area is 209 Å². The Hall–Kier alpha value is -3.11. The highest BCUT2D eigenvalue weighted by Gasteiger charge is 2.06. The monoisotopic (exact) mass is 472 g/mol. The minimum atomic E-state index is -0.211. The first-order valence-corrected chi connectivity index (χ1v) is 12.7. The van der Waals surface area contributed by atoms with Crippen LogP contribution in [0.15, 0.2) is 73.6 Å². The molecule has 1 aromatic heterocycles. The molecule has 184 valence electrons. The molecule has 0 amide bonds. The summed E-state index contributed by atoms with van der Waals surface area (Å²) in [6.07, 6.45) is 17.0. The molecule has 0 saturated carbocycles. The van der Waals surface area contributed by atoms with E-state index in [1.54, 1.807) is 6.07 Å². The Kier molecular flexibility index (Phi) is 10.8. The third kappa shape index (κ3) is 8.56. The lowest BCUT2D eigenvalue weighted by atomic mass is 10.0. The van der Waals surface area contributed by atoms with Crippen LogP contribution in [0.5, 0.6) is 0 Å². The zero-order chi connectivity index (χ0) is 24.9. The molecule has 0 aliphatic carbocycles. The summed E-state index contributed by atoms with van der Waals surface area (Å²) in [4.78, 5) is 8.87. The maximum Gasteiger partial charge on any atom is 0.159 e. The largest absolute Gasteiger partial charge is 0.379 e. The first kappa shape index (κ1) is 26.5. The van der Waals surface area contributed by atoms with Crippen LogP contribution in [0.4, 0.5) is 4.39 Å². The molecule has 1 heterocycles. The normalized spacial score (nSPS) is 12.2. The van der Waals surface area contributed by atoms with Gasteiger partial charge < -0.3 is 4.74 Å². The summed E-state index contributed by atoms with van der Waals surface area (Å²) in [5, 5.41) is 0. The van der Waals surface area contributed by atoms with Gasteiger partial charge in [-0.2, -0.15) is 0 Å². The smallest absolute Gasteiger partial charge is 0.159 e. The molecule has 0 spiro atoms. The molecule has 0 radical (unpaired) electrons. The van der Waals surface area contributed by atoms with Gasteiger partial charge in [0.25, 0.3) is 0 Å². The summed E-state index contributed by atoms with van der Waals surface area (Å²) in [7, 11) is 0. The first-order valence-electron chi connectivity index (χ1n) is 12.7. The standard InChI is InChI=1S/C31H37FN2O/c1-4-6-10-20-35-24(3)12-8-7-9-13-27-16-19-29(21-30(27)32)26-14-17-28(18-15-26)31-33-22-25(11-5-2)23-34-31/h5,9,13-19,21-24H,2,4,6-8,10-12,20H2,1,3H3/b13-9+. The average molecular weight is 473 g/mol. The number of allylic oxidation sites excluding steroid dienone is 2. The number of rotatable bonds is 14. The van der Waals surface area contributed by atoms with E-state index in [1.807, 2.05) is 60.9 Å². The summed E-state index contributed by atoms with van der Waals surface area (Å²) in [6, 6.07) is 13.3. The summed E-state index contributed by atoms with van der Waals surface area (Å²) in [5.74, 6) is 0.463. The first-order chi connectivity index (χ1) is 17.1. The molecule has 0 aliphatic heterocycles. The minimum absolute atomic E-state index is 0.211. The summed E-state index contributed by atoms with van der Waals surface area (Å²) >= 11 is 0. The summed E-state index contributed by atoms with van der Waals surface area (Å²) in [6.45, 7) is 8.92. The number of aromatic nitrogens is 2. The summed E-state index contributed by atoms with van der Waals surface area (Å²) in [5.41, 5.74) is 4.38. The van der Waals surface area contributed by atoms with Gasteiger partial charge in [-0.15, -0.1) is 6.58 Å². The molecule has 0 N–H and O–H groups in total. The van der Waals surface area contributed by atoms with Gasteiger partial charge in [0.2, 0.25) is 0 Å². The van der Waals surface area contributed by atoms with Crippen LogP contribution in [0.3, 0.4) is 0 Å². The van der Waals surface area contributed by atoms with E-state index in [0.717, 1.165) is 61.0 Å². The van der Waals surface area contributed by atoms with E-state index in [-0.39, 0.29) is 11.9 Å². The van der Waals surface area contributed by atoms with Crippen LogP contribution < -0.4 is 0 Å². The highest BCUT2D eigenvalue weighted by Crippen LogP contribution is 2.25. The molecule has 3 rings (SSSR count). The van der Waals surface area contributed by atoms with Crippen molar-refractivity contribution in [3.8, 4) is 22.5 Å². The van der Waals surface area contributed by atoms with Crippen molar-refractivity contribution < 1.29 is 9.13 Å². The van der Waals surface area contributed by atoms with Crippen molar-refractivity contribution in [3.05, 3.63) is 90.5 Å². The molecule has 0 saturated heterocycles. The van der Waals surface area contributed by atoms with E-state index < -0.39 is 0 Å².